The van der Waals surface area contributed by atoms with Crippen LogP contribution < -0.4 is 4.74 Å². The van der Waals surface area contributed by atoms with Gasteiger partial charge in [0.05, 0.1) is 17.8 Å². The van der Waals surface area contributed by atoms with Crippen molar-refractivity contribution in [2.24, 2.45) is 5.92 Å². The fraction of sp³-hybridized carbons (Fsp3) is 0.250. The van der Waals surface area contributed by atoms with Gasteiger partial charge in [0, 0.05) is 16.1 Å². The molecule has 1 fully saturated rings. The molecule has 1 saturated carbocycles. The molecule has 0 spiro atoms. The first-order chi connectivity index (χ1) is 10.5. The number of hydrogen-bond acceptors (Lipinski definition) is 3. The molecule has 1 aliphatic rings. The molecule has 1 aliphatic carbocycles. The van der Waals surface area contributed by atoms with Gasteiger partial charge in [-0.15, -0.1) is 0 Å². The normalized spacial score (nSPS) is 13.9. The molecule has 6 heteroatoms. The van der Waals surface area contributed by atoms with Crippen LogP contribution in [0.2, 0.25) is 10.0 Å². The van der Waals surface area contributed by atoms with Crippen molar-refractivity contribution in [2.75, 3.05) is 6.61 Å². The van der Waals surface area contributed by atoms with Crippen LogP contribution in [0.5, 0.6) is 5.75 Å². The van der Waals surface area contributed by atoms with Gasteiger partial charge in [-0.3, -0.25) is 0 Å². The standard InChI is InChI=1S/C16H13Cl2NO3/c17-10-3-4-11(13(18)5-10)12-6-14(16(20)21)19-7-15(12)22-8-9-1-2-9/h3-7,9H,1-2,8H2,(H,20,21). The van der Waals surface area contributed by atoms with Crippen LogP contribution in [0, 0.1) is 5.92 Å². The number of benzene rings is 1. The summed E-state index contributed by atoms with van der Waals surface area (Å²) in [7, 11) is 0. The maximum absolute atomic E-state index is 11.2. The topological polar surface area (TPSA) is 59.4 Å². The Balaban J connectivity index is 2.03. The molecule has 4 nitrogen and oxygen atoms in total. The molecular formula is C16H13Cl2NO3. The van der Waals surface area contributed by atoms with Crippen LogP contribution in [-0.2, 0) is 0 Å². The minimum absolute atomic E-state index is 0.0558. The maximum atomic E-state index is 11.2. The fourth-order valence-corrected chi connectivity index (χ4v) is 2.60. The Morgan fingerprint density at radius 3 is 2.68 bits per heavy atom. The highest BCUT2D eigenvalue weighted by molar-refractivity contribution is 6.36. The van der Waals surface area contributed by atoms with Crippen molar-refractivity contribution in [3.05, 3.63) is 46.2 Å². The summed E-state index contributed by atoms with van der Waals surface area (Å²) >= 11 is 12.1. The van der Waals surface area contributed by atoms with Crippen LogP contribution >= 0.6 is 23.2 Å². The molecule has 0 unspecified atom stereocenters. The van der Waals surface area contributed by atoms with E-state index in [-0.39, 0.29) is 5.69 Å². The number of rotatable bonds is 5. The van der Waals surface area contributed by atoms with Gasteiger partial charge in [0.15, 0.2) is 0 Å². The predicted molar refractivity (Wildman–Crippen MR) is 84.9 cm³/mol. The molecular weight excluding hydrogens is 325 g/mol. The molecule has 0 atom stereocenters. The lowest BCUT2D eigenvalue weighted by Crippen LogP contribution is -2.05. The van der Waals surface area contributed by atoms with E-state index in [4.69, 9.17) is 33.0 Å². The first-order valence-electron chi connectivity index (χ1n) is 6.86. The molecule has 0 saturated heterocycles. The van der Waals surface area contributed by atoms with Crippen molar-refractivity contribution >= 4 is 29.2 Å². The molecule has 22 heavy (non-hydrogen) atoms. The molecule has 1 N–H and O–H groups in total. The van der Waals surface area contributed by atoms with E-state index in [1.165, 1.54) is 12.3 Å². The predicted octanol–water partition coefficient (Wildman–Crippen LogP) is 4.54. The molecule has 114 valence electrons. The van der Waals surface area contributed by atoms with Crippen molar-refractivity contribution in [3.8, 4) is 16.9 Å². The Kier molecular flexibility index (Phi) is 4.23. The second kappa shape index (κ2) is 6.15. The number of nitrogens with zero attached hydrogens (tertiary/aromatic N) is 1. The minimum Gasteiger partial charge on any atom is -0.491 e. The zero-order valence-corrected chi connectivity index (χ0v) is 13.1. The molecule has 3 rings (SSSR count). The molecule has 1 aromatic heterocycles. The number of aromatic carboxylic acids is 1. The van der Waals surface area contributed by atoms with E-state index in [1.807, 2.05) is 0 Å². The van der Waals surface area contributed by atoms with Crippen LogP contribution in [0.4, 0.5) is 0 Å². The minimum atomic E-state index is -1.10. The van der Waals surface area contributed by atoms with Crippen molar-refractivity contribution in [2.45, 2.75) is 12.8 Å². The number of carboxylic acid groups (broad SMARTS) is 1. The van der Waals surface area contributed by atoms with Gasteiger partial charge >= 0.3 is 5.97 Å². The quantitative estimate of drug-likeness (QED) is 0.869. The Bertz CT molecular complexity index is 729. The summed E-state index contributed by atoms with van der Waals surface area (Å²) in [5.74, 6) is 0.00823. The molecule has 1 aromatic carbocycles. The number of carboxylic acids is 1. The lowest BCUT2D eigenvalue weighted by molar-refractivity contribution is 0.0690. The lowest BCUT2D eigenvalue weighted by Gasteiger charge is -2.13. The third-order valence-corrected chi connectivity index (χ3v) is 4.03. The Labute approximate surface area is 137 Å². The second-order valence-corrected chi connectivity index (χ2v) is 6.09. The number of ether oxygens (including phenoxy) is 1. The summed E-state index contributed by atoms with van der Waals surface area (Å²) in [4.78, 5) is 15.1. The van der Waals surface area contributed by atoms with Crippen molar-refractivity contribution in [1.82, 2.24) is 4.98 Å². The average Bonchev–Trinajstić information content (AvgIpc) is 3.29. The number of aromatic nitrogens is 1. The summed E-state index contributed by atoms with van der Waals surface area (Å²) in [5.41, 5.74) is 1.22. The average molecular weight is 338 g/mol. The van der Waals surface area contributed by atoms with E-state index in [9.17, 15) is 4.79 Å². The van der Waals surface area contributed by atoms with E-state index < -0.39 is 5.97 Å². The summed E-state index contributed by atoms with van der Waals surface area (Å²) in [6.07, 6.45) is 3.77. The number of halogens is 2. The Hall–Kier alpha value is -1.78. The van der Waals surface area contributed by atoms with E-state index in [0.29, 0.717) is 39.4 Å². The van der Waals surface area contributed by atoms with E-state index in [2.05, 4.69) is 4.98 Å². The van der Waals surface area contributed by atoms with Crippen molar-refractivity contribution in [1.29, 1.82) is 0 Å². The van der Waals surface area contributed by atoms with Gasteiger partial charge in [0.25, 0.3) is 0 Å². The zero-order valence-electron chi connectivity index (χ0n) is 11.6. The van der Waals surface area contributed by atoms with Gasteiger partial charge < -0.3 is 9.84 Å². The summed E-state index contributed by atoms with van der Waals surface area (Å²) in [5, 5.41) is 10.1. The molecule has 0 amide bonds. The van der Waals surface area contributed by atoms with Gasteiger partial charge in [-0.05, 0) is 37.0 Å². The largest absolute Gasteiger partial charge is 0.491 e. The Morgan fingerprint density at radius 1 is 1.27 bits per heavy atom. The molecule has 0 radical (unpaired) electrons. The van der Waals surface area contributed by atoms with Gasteiger partial charge in [0.1, 0.15) is 11.4 Å². The van der Waals surface area contributed by atoms with Crippen LogP contribution in [0.25, 0.3) is 11.1 Å². The maximum Gasteiger partial charge on any atom is 0.354 e. The number of hydrogen-bond donors (Lipinski definition) is 1. The molecule has 0 aliphatic heterocycles. The van der Waals surface area contributed by atoms with E-state index >= 15 is 0 Å². The SMILES string of the molecule is O=C(O)c1cc(-c2ccc(Cl)cc2Cl)c(OCC2CC2)cn1. The Morgan fingerprint density at radius 2 is 2.05 bits per heavy atom. The first-order valence-corrected chi connectivity index (χ1v) is 7.62. The number of carbonyl (C=O) groups is 1. The summed E-state index contributed by atoms with van der Waals surface area (Å²) in [6.45, 7) is 0.603. The monoisotopic (exact) mass is 337 g/mol. The van der Waals surface area contributed by atoms with Gasteiger partial charge in [-0.25, -0.2) is 9.78 Å². The highest BCUT2D eigenvalue weighted by atomic mass is 35.5. The third-order valence-electron chi connectivity index (χ3n) is 3.48. The fourth-order valence-electron chi connectivity index (χ4n) is 2.09. The highest BCUT2D eigenvalue weighted by Gasteiger charge is 2.23. The van der Waals surface area contributed by atoms with Gasteiger partial charge in [-0.2, -0.15) is 0 Å². The van der Waals surface area contributed by atoms with Crippen LogP contribution in [-0.4, -0.2) is 22.7 Å². The molecule has 1 heterocycles. The van der Waals surface area contributed by atoms with Gasteiger partial charge in [0.2, 0.25) is 0 Å². The van der Waals surface area contributed by atoms with Crippen LogP contribution in [0.1, 0.15) is 23.3 Å². The van der Waals surface area contributed by atoms with Crippen LogP contribution in [0.15, 0.2) is 30.5 Å². The molecule has 2 aromatic rings. The van der Waals surface area contributed by atoms with Gasteiger partial charge in [-0.1, -0.05) is 29.3 Å². The highest BCUT2D eigenvalue weighted by Crippen LogP contribution is 2.37. The summed E-state index contributed by atoms with van der Waals surface area (Å²) < 4.78 is 5.79. The molecule has 0 bridgehead atoms. The summed E-state index contributed by atoms with van der Waals surface area (Å²) in [6, 6.07) is 6.54. The van der Waals surface area contributed by atoms with Crippen LogP contribution in [0.3, 0.4) is 0 Å². The van der Waals surface area contributed by atoms with E-state index in [1.54, 1.807) is 18.2 Å². The third kappa shape index (κ3) is 3.34. The smallest absolute Gasteiger partial charge is 0.354 e. The zero-order chi connectivity index (χ0) is 15.7. The van der Waals surface area contributed by atoms with Crippen molar-refractivity contribution in [3.63, 3.8) is 0 Å². The van der Waals surface area contributed by atoms with E-state index in [0.717, 1.165) is 12.8 Å². The lowest BCUT2D eigenvalue weighted by atomic mass is 10.0. The second-order valence-electron chi connectivity index (χ2n) is 5.25. The van der Waals surface area contributed by atoms with Crippen molar-refractivity contribution < 1.29 is 14.6 Å². The number of pyridine rings is 1. The first kappa shape index (κ1) is 15.1.